The van der Waals surface area contributed by atoms with Gasteiger partial charge in [0.2, 0.25) is 5.91 Å². The molecule has 2 N–H and O–H groups in total. The van der Waals surface area contributed by atoms with E-state index in [-0.39, 0.29) is 12.3 Å². The van der Waals surface area contributed by atoms with Crippen molar-refractivity contribution in [3.05, 3.63) is 41.4 Å². The number of aliphatic carboxylic acids is 1. The summed E-state index contributed by atoms with van der Waals surface area (Å²) in [5, 5.41) is 18.5. The molecule has 3 aromatic rings. The van der Waals surface area contributed by atoms with Gasteiger partial charge in [0.05, 0.1) is 24.0 Å². The second-order valence-electron chi connectivity index (χ2n) is 6.32. The number of carboxylic acids is 1. The highest BCUT2D eigenvalue weighted by molar-refractivity contribution is 7.13. The number of amides is 1. The zero-order valence-electron chi connectivity index (χ0n) is 14.5. The number of aryl methyl sites for hydroxylation is 1. The Kier molecular flexibility index (Phi) is 4.64. The summed E-state index contributed by atoms with van der Waals surface area (Å²) < 4.78 is 6.82. The molecule has 0 atom stereocenters. The van der Waals surface area contributed by atoms with Gasteiger partial charge in [0.1, 0.15) is 5.76 Å². The zero-order valence-corrected chi connectivity index (χ0v) is 15.3. The van der Waals surface area contributed by atoms with Gasteiger partial charge in [0.25, 0.3) is 0 Å². The number of rotatable bonds is 6. The fourth-order valence-corrected chi connectivity index (χ4v) is 2.99. The van der Waals surface area contributed by atoms with E-state index in [0.717, 1.165) is 10.8 Å². The number of furan rings is 1. The van der Waals surface area contributed by atoms with Crippen LogP contribution in [0.4, 0.5) is 5.69 Å². The molecule has 0 bridgehead atoms. The lowest BCUT2D eigenvalue weighted by Crippen LogP contribution is -2.35. The summed E-state index contributed by atoms with van der Waals surface area (Å²) in [4.78, 5) is 27.9. The molecule has 0 saturated carbocycles. The van der Waals surface area contributed by atoms with Crippen molar-refractivity contribution < 1.29 is 19.1 Å². The highest BCUT2D eigenvalue weighted by atomic mass is 32.1. The molecule has 1 amide bonds. The molecule has 3 aromatic heterocycles. The van der Waals surface area contributed by atoms with Crippen LogP contribution in [0.15, 0.2) is 34.3 Å². The summed E-state index contributed by atoms with van der Waals surface area (Å²) in [7, 11) is 0. The summed E-state index contributed by atoms with van der Waals surface area (Å²) in [5.41, 5.74) is -0.134. The average molecular weight is 374 g/mol. The maximum absolute atomic E-state index is 12.2. The van der Waals surface area contributed by atoms with Crippen molar-refractivity contribution in [3.63, 3.8) is 0 Å². The van der Waals surface area contributed by atoms with Crippen molar-refractivity contribution in [1.82, 2.24) is 14.8 Å². The predicted molar refractivity (Wildman–Crippen MR) is 96.1 cm³/mol. The summed E-state index contributed by atoms with van der Waals surface area (Å²) in [6, 6.07) is 3.70. The van der Waals surface area contributed by atoms with Crippen LogP contribution in [0.5, 0.6) is 0 Å². The van der Waals surface area contributed by atoms with Gasteiger partial charge in [0.15, 0.2) is 16.3 Å². The van der Waals surface area contributed by atoms with Gasteiger partial charge in [-0.05, 0) is 32.9 Å². The second kappa shape index (κ2) is 6.75. The maximum Gasteiger partial charge on any atom is 0.331 e. The van der Waals surface area contributed by atoms with Crippen molar-refractivity contribution >= 4 is 28.9 Å². The standard InChI is InChI=1S/C17H18N4O4S/c1-10-4-5-13(25-10)15-20-11(9-26-15)6-14(22)19-12-7-18-21(8-12)17(2,3)16(23)24/h4-5,7-9H,6H2,1-3H3,(H,19,22)(H,23,24). The van der Waals surface area contributed by atoms with E-state index in [9.17, 15) is 14.7 Å². The Hall–Kier alpha value is -2.94. The number of carbonyl (C=O) groups excluding carboxylic acids is 1. The molecular weight excluding hydrogens is 356 g/mol. The zero-order chi connectivity index (χ0) is 18.9. The van der Waals surface area contributed by atoms with E-state index in [2.05, 4.69) is 15.4 Å². The molecule has 0 unspecified atom stereocenters. The van der Waals surface area contributed by atoms with Gasteiger partial charge in [-0.1, -0.05) is 0 Å². The summed E-state index contributed by atoms with van der Waals surface area (Å²) in [6.45, 7) is 4.92. The molecule has 26 heavy (non-hydrogen) atoms. The number of aromatic nitrogens is 3. The highest BCUT2D eigenvalue weighted by Crippen LogP contribution is 2.26. The number of nitrogens with one attached hydrogen (secondary N) is 1. The molecule has 3 rings (SSSR count). The van der Waals surface area contributed by atoms with E-state index in [1.54, 1.807) is 0 Å². The minimum Gasteiger partial charge on any atom is -0.479 e. The van der Waals surface area contributed by atoms with Crippen LogP contribution in [0.3, 0.4) is 0 Å². The Morgan fingerprint density at radius 1 is 1.38 bits per heavy atom. The monoisotopic (exact) mass is 374 g/mol. The summed E-state index contributed by atoms with van der Waals surface area (Å²) >= 11 is 1.41. The Balaban J connectivity index is 1.64. The number of carbonyl (C=O) groups is 2. The van der Waals surface area contributed by atoms with Crippen LogP contribution >= 0.6 is 11.3 Å². The lowest BCUT2D eigenvalue weighted by Gasteiger charge is -2.19. The maximum atomic E-state index is 12.2. The largest absolute Gasteiger partial charge is 0.479 e. The molecule has 0 spiro atoms. The Morgan fingerprint density at radius 2 is 2.15 bits per heavy atom. The van der Waals surface area contributed by atoms with E-state index < -0.39 is 11.5 Å². The van der Waals surface area contributed by atoms with Crippen molar-refractivity contribution in [1.29, 1.82) is 0 Å². The van der Waals surface area contributed by atoms with Gasteiger partial charge >= 0.3 is 5.97 Å². The van der Waals surface area contributed by atoms with Gasteiger partial charge in [-0.3, -0.25) is 9.48 Å². The molecular formula is C17H18N4O4S. The Labute approximate surface area is 153 Å². The molecule has 0 aliphatic heterocycles. The number of hydrogen-bond acceptors (Lipinski definition) is 6. The number of carboxylic acid groups (broad SMARTS) is 1. The number of anilines is 1. The smallest absolute Gasteiger partial charge is 0.331 e. The van der Waals surface area contributed by atoms with Crippen molar-refractivity contribution in [2.45, 2.75) is 32.7 Å². The van der Waals surface area contributed by atoms with Gasteiger partial charge in [-0.25, -0.2) is 9.78 Å². The van der Waals surface area contributed by atoms with E-state index in [4.69, 9.17) is 4.42 Å². The third-order valence-electron chi connectivity index (χ3n) is 3.81. The average Bonchev–Trinajstić information content (AvgIpc) is 3.28. The summed E-state index contributed by atoms with van der Waals surface area (Å²) in [6.07, 6.45) is 3.01. The fraction of sp³-hybridized carbons (Fsp3) is 0.294. The van der Waals surface area contributed by atoms with E-state index >= 15 is 0 Å². The van der Waals surface area contributed by atoms with Crippen LogP contribution in [-0.4, -0.2) is 31.7 Å². The molecule has 0 aliphatic carbocycles. The van der Waals surface area contributed by atoms with Crippen LogP contribution < -0.4 is 5.32 Å². The van der Waals surface area contributed by atoms with Gasteiger partial charge in [-0.15, -0.1) is 11.3 Å². The molecule has 136 valence electrons. The lowest BCUT2D eigenvalue weighted by molar-refractivity contribution is -0.146. The third kappa shape index (κ3) is 3.67. The molecule has 0 saturated heterocycles. The van der Waals surface area contributed by atoms with Crippen LogP contribution in [0, 0.1) is 6.92 Å². The molecule has 0 radical (unpaired) electrons. The minimum atomic E-state index is -1.20. The normalized spacial score (nSPS) is 11.5. The van der Waals surface area contributed by atoms with Crippen molar-refractivity contribution in [2.75, 3.05) is 5.32 Å². The Morgan fingerprint density at radius 3 is 2.81 bits per heavy atom. The van der Waals surface area contributed by atoms with E-state index in [1.807, 2.05) is 24.4 Å². The predicted octanol–water partition coefficient (Wildman–Crippen LogP) is 2.91. The number of hydrogen-bond donors (Lipinski definition) is 2. The molecule has 9 heteroatoms. The first kappa shape index (κ1) is 17.9. The number of thiazole rings is 1. The summed E-state index contributed by atoms with van der Waals surface area (Å²) in [5.74, 6) is 0.207. The van der Waals surface area contributed by atoms with Gasteiger partial charge in [0, 0.05) is 11.6 Å². The minimum absolute atomic E-state index is 0.101. The van der Waals surface area contributed by atoms with E-state index in [0.29, 0.717) is 17.1 Å². The van der Waals surface area contributed by atoms with E-state index in [1.165, 1.54) is 42.3 Å². The molecule has 0 aromatic carbocycles. The molecule has 0 aliphatic rings. The first-order chi connectivity index (χ1) is 12.3. The van der Waals surface area contributed by atoms with Crippen LogP contribution in [0.25, 0.3) is 10.8 Å². The second-order valence-corrected chi connectivity index (χ2v) is 7.18. The first-order valence-electron chi connectivity index (χ1n) is 7.85. The highest BCUT2D eigenvalue weighted by Gasteiger charge is 2.30. The van der Waals surface area contributed by atoms with Gasteiger partial charge < -0.3 is 14.8 Å². The van der Waals surface area contributed by atoms with Gasteiger partial charge in [-0.2, -0.15) is 5.10 Å². The van der Waals surface area contributed by atoms with Crippen LogP contribution in [0.1, 0.15) is 25.3 Å². The molecule has 0 fully saturated rings. The van der Waals surface area contributed by atoms with Crippen LogP contribution in [-0.2, 0) is 21.5 Å². The molecule has 3 heterocycles. The fourth-order valence-electron chi connectivity index (χ4n) is 2.21. The lowest BCUT2D eigenvalue weighted by atomic mass is 10.1. The van der Waals surface area contributed by atoms with Crippen LogP contribution in [0.2, 0.25) is 0 Å². The first-order valence-corrected chi connectivity index (χ1v) is 8.73. The topological polar surface area (TPSA) is 110 Å². The SMILES string of the molecule is Cc1ccc(-c2nc(CC(=O)Nc3cnn(C(C)(C)C(=O)O)c3)cs2)o1. The third-order valence-corrected chi connectivity index (χ3v) is 4.71. The quantitative estimate of drug-likeness (QED) is 0.686. The van der Waals surface area contributed by atoms with Crippen molar-refractivity contribution in [3.8, 4) is 10.8 Å². The molecule has 8 nitrogen and oxygen atoms in total. The van der Waals surface area contributed by atoms with Crippen molar-refractivity contribution in [2.24, 2.45) is 0 Å². The number of nitrogens with zero attached hydrogens (tertiary/aromatic N) is 3. The Bertz CT molecular complexity index is 954.